The summed E-state index contributed by atoms with van der Waals surface area (Å²) in [5.41, 5.74) is 1.21. The summed E-state index contributed by atoms with van der Waals surface area (Å²) in [5.74, 6) is 0. The van der Waals surface area contributed by atoms with Crippen molar-refractivity contribution in [1.82, 2.24) is 0 Å². The van der Waals surface area contributed by atoms with Crippen molar-refractivity contribution in [3.63, 3.8) is 0 Å². The van der Waals surface area contributed by atoms with Crippen LogP contribution < -0.4 is 0 Å². The Morgan fingerprint density at radius 3 is 2.73 bits per heavy atom. The lowest BCUT2D eigenvalue weighted by Crippen LogP contribution is -1.91. The molecule has 60 valence electrons. The molecule has 0 amide bonds. The summed E-state index contributed by atoms with van der Waals surface area (Å²) in [5, 5.41) is 0. The molecule has 0 unspecified atom stereocenters. The Morgan fingerprint density at radius 1 is 1.36 bits per heavy atom. The molecule has 0 aromatic heterocycles. The van der Waals surface area contributed by atoms with Crippen molar-refractivity contribution < 1.29 is 8.78 Å². The van der Waals surface area contributed by atoms with Gasteiger partial charge in [0.2, 0.25) is 0 Å². The van der Waals surface area contributed by atoms with Crippen LogP contribution in [-0.2, 0) is 0 Å². The number of allylic oxidation sites excluding steroid dienone is 6. The summed E-state index contributed by atoms with van der Waals surface area (Å²) in [6.45, 7) is 1.93. The van der Waals surface area contributed by atoms with E-state index in [9.17, 15) is 8.78 Å². The van der Waals surface area contributed by atoms with Gasteiger partial charge in [0.1, 0.15) is 0 Å². The minimum Gasteiger partial charge on any atom is -0.205 e. The van der Waals surface area contributed by atoms with E-state index in [1.54, 1.807) is 12.2 Å². The second kappa shape index (κ2) is 3.46. The van der Waals surface area contributed by atoms with Gasteiger partial charge in [-0.3, -0.25) is 0 Å². The molecule has 0 heterocycles. The number of halogens is 2. The molecule has 0 saturated heterocycles. The first-order valence-corrected chi connectivity index (χ1v) is 3.52. The van der Waals surface area contributed by atoms with Crippen LogP contribution in [0.2, 0.25) is 0 Å². The highest BCUT2D eigenvalue weighted by Crippen LogP contribution is 2.15. The van der Waals surface area contributed by atoms with Crippen molar-refractivity contribution in [3.8, 4) is 0 Å². The number of alkyl halides is 2. The van der Waals surface area contributed by atoms with E-state index in [4.69, 9.17) is 0 Å². The molecule has 2 heteroatoms. The normalized spacial score (nSPS) is 17.8. The van der Waals surface area contributed by atoms with Crippen molar-refractivity contribution in [2.75, 3.05) is 0 Å². The van der Waals surface area contributed by atoms with E-state index in [1.807, 2.05) is 6.92 Å². The second-order valence-electron chi connectivity index (χ2n) is 2.59. The Kier molecular flexibility index (Phi) is 2.58. The lowest BCUT2D eigenvalue weighted by molar-refractivity contribution is 0.194. The lowest BCUT2D eigenvalue weighted by atomic mass is 10.2. The summed E-state index contributed by atoms with van der Waals surface area (Å²) in [6.07, 6.45) is 4.88. The van der Waals surface area contributed by atoms with E-state index < -0.39 is 6.43 Å². The maximum Gasteiger partial charge on any atom is 0.263 e. The van der Waals surface area contributed by atoms with Gasteiger partial charge in [0.15, 0.2) is 0 Å². The predicted molar refractivity (Wildman–Crippen MR) is 41.6 cm³/mol. The number of hydrogen-bond donors (Lipinski definition) is 0. The van der Waals surface area contributed by atoms with Crippen LogP contribution in [0.1, 0.15) is 13.3 Å². The molecule has 0 saturated carbocycles. The Morgan fingerprint density at radius 2 is 2.09 bits per heavy atom. The maximum absolute atomic E-state index is 12.1. The average molecular weight is 156 g/mol. The van der Waals surface area contributed by atoms with Gasteiger partial charge in [0, 0.05) is 5.57 Å². The van der Waals surface area contributed by atoms with E-state index in [-0.39, 0.29) is 5.57 Å². The van der Waals surface area contributed by atoms with E-state index in [1.165, 1.54) is 12.2 Å². The molecule has 0 aromatic rings. The highest BCUT2D eigenvalue weighted by molar-refractivity contribution is 5.31. The highest BCUT2D eigenvalue weighted by atomic mass is 19.3. The predicted octanol–water partition coefficient (Wildman–Crippen LogP) is 3.08. The van der Waals surface area contributed by atoms with Crippen molar-refractivity contribution >= 4 is 0 Å². The summed E-state index contributed by atoms with van der Waals surface area (Å²) < 4.78 is 24.2. The molecule has 11 heavy (non-hydrogen) atoms. The Hall–Kier alpha value is -0.920. The van der Waals surface area contributed by atoms with Crippen LogP contribution in [-0.4, -0.2) is 6.43 Å². The third-order valence-corrected chi connectivity index (χ3v) is 1.56. The van der Waals surface area contributed by atoms with Gasteiger partial charge >= 0.3 is 0 Å². The van der Waals surface area contributed by atoms with Crippen LogP contribution in [0.15, 0.2) is 35.5 Å². The Bertz CT molecular complexity index is 222. The molecule has 0 bridgehead atoms. The van der Waals surface area contributed by atoms with Crippen molar-refractivity contribution in [1.29, 1.82) is 0 Å². The van der Waals surface area contributed by atoms with Gasteiger partial charge in [-0.15, -0.1) is 0 Å². The van der Waals surface area contributed by atoms with Crippen LogP contribution in [0.5, 0.6) is 0 Å². The van der Waals surface area contributed by atoms with E-state index in [0.29, 0.717) is 0 Å². The molecule has 0 radical (unpaired) electrons. The number of rotatable bonds is 1. The highest BCUT2D eigenvalue weighted by Gasteiger charge is 2.07. The first-order chi connectivity index (χ1) is 5.20. The van der Waals surface area contributed by atoms with Crippen LogP contribution >= 0.6 is 0 Å². The van der Waals surface area contributed by atoms with E-state index in [2.05, 4.69) is 0 Å². The summed E-state index contributed by atoms with van der Waals surface area (Å²) in [4.78, 5) is 0. The molecular weight excluding hydrogens is 146 g/mol. The molecule has 0 atom stereocenters. The molecule has 0 spiro atoms. The third-order valence-electron chi connectivity index (χ3n) is 1.56. The zero-order chi connectivity index (χ0) is 8.27. The van der Waals surface area contributed by atoms with Crippen molar-refractivity contribution in [2.24, 2.45) is 0 Å². The molecule has 1 aliphatic carbocycles. The fourth-order valence-electron chi connectivity index (χ4n) is 0.888. The monoisotopic (exact) mass is 156 g/mol. The molecule has 0 aromatic carbocycles. The number of hydrogen-bond acceptors (Lipinski definition) is 0. The SMILES string of the molecule is CC1=CC=C(C(F)F)C=CC1. The molecule has 0 N–H and O–H groups in total. The van der Waals surface area contributed by atoms with Crippen molar-refractivity contribution in [2.45, 2.75) is 19.8 Å². The van der Waals surface area contributed by atoms with Gasteiger partial charge in [-0.25, -0.2) is 8.78 Å². The maximum atomic E-state index is 12.1. The topological polar surface area (TPSA) is 0 Å². The van der Waals surface area contributed by atoms with Gasteiger partial charge in [-0.05, 0) is 13.3 Å². The third kappa shape index (κ3) is 2.30. The van der Waals surface area contributed by atoms with Crippen LogP contribution in [0.3, 0.4) is 0 Å². The van der Waals surface area contributed by atoms with Crippen LogP contribution in [0.4, 0.5) is 8.78 Å². The standard InChI is InChI=1S/C9H10F2/c1-7-3-2-4-8(6-5-7)9(10)11/h2,4-6,9H,3H2,1H3. The van der Waals surface area contributed by atoms with E-state index >= 15 is 0 Å². The average Bonchev–Trinajstić information content (AvgIpc) is 2.13. The Labute approximate surface area is 64.9 Å². The van der Waals surface area contributed by atoms with Gasteiger partial charge in [-0.1, -0.05) is 29.9 Å². The molecule has 0 nitrogen and oxygen atoms in total. The van der Waals surface area contributed by atoms with Crippen molar-refractivity contribution in [3.05, 3.63) is 35.5 Å². The van der Waals surface area contributed by atoms with Crippen LogP contribution in [0.25, 0.3) is 0 Å². The van der Waals surface area contributed by atoms with Gasteiger partial charge in [0.25, 0.3) is 6.43 Å². The minimum atomic E-state index is -2.35. The fourth-order valence-corrected chi connectivity index (χ4v) is 0.888. The molecule has 0 fully saturated rings. The molecular formula is C9H10F2. The Balaban J connectivity index is 2.81. The molecule has 0 aliphatic heterocycles. The largest absolute Gasteiger partial charge is 0.263 e. The first-order valence-electron chi connectivity index (χ1n) is 3.52. The zero-order valence-corrected chi connectivity index (χ0v) is 6.35. The quantitative estimate of drug-likeness (QED) is 0.547. The molecule has 1 rings (SSSR count). The second-order valence-corrected chi connectivity index (χ2v) is 2.59. The molecule has 1 aliphatic rings. The van der Waals surface area contributed by atoms with Gasteiger partial charge in [-0.2, -0.15) is 0 Å². The zero-order valence-electron chi connectivity index (χ0n) is 6.35. The van der Waals surface area contributed by atoms with Gasteiger partial charge in [0.05, 0.1) is 0 Å². The minimum absolute atomic E-state index is 0.0989. The fraction of sp³-hybridized carbons (Fsp3) is 0.333. The summed E-state index contributed by atoms with van der Waals surface area (Å²) in [7, 11) is 0. The summed E-state index contributed by atoms with van der Waals surface area (Å²) in [6, 6.07) is 0. The van der Waals surface area contributed by atoms with E-state index in [0.717, 1.165) is 12.0 Å². The smallest absolute Gasteiger partial charge is 0.205 e. The lowest BCUT2D eigenvalue weighted by Gasteiger charge is -1.95. The van der Waals surface area contributed by atoms with Crippen LogP contribution in [0, 0.1) is 0 Å². The van der Waals surface area contributed by atoms with Gasteiger partial charge < -0.3 is 0 Å². The summed E-state index contributed by atoms with van der Waals surface area (Å²) >= 11 is 0. The first kappa shape index (κ1) is 8.18.